The fraction of sp³-hybridized carbons (Fsp3) is 0.923. The minimum absolute atomic E-state index is 0.250. The Morgan fingerprint density at radius 3 is 2.50 bits per heavy atom. The molecule has 1 N–H and O–H groups in total. The first-order valence-electron chi connectivity index (χ1n) is 6.46. The molecule has 0 aliphatic heterocycles. The zero-order valence-electron chi connectivity index (χ0n) is 10.4. The molecule has 0 saturated heterocycles. The number of rotatable bonds is 5. The van der Waals surface area contributed by atoms with E-state index >= 15 is 0 Å². The second-order valence-corrected chi connectivity index (χ2v) is 4.81. The van der Waals surface area contributed by atoms with Crippen molar-refractivity contribution in [2.75, 3.05) is 7.11 Å². The number of carbonyl (C=O) groups is 1. The summed E-state index contributed by atoms with van der Waals surface area (Å²) in [6, 6.07) is 0. The second kappa shape index (κ2) is 6.89. The lowest BCUT2D eigenvalue weighted by Gasteiger charge is -2.30. The van der Waals surface area contributed by atoms with Crippen molar-refractivity contribution in [2.24, 2.45) is 11.8 Å². The van der Waals surface area contributed by atoms with Gasteiger partial charge in [0.2, 0.25) is 0 Å². The third-order valence-electron chi connectivity index (χ3n) is 3.65. The number of hydrogen-bond donors (Lipinski definition) is 1. The molecule has 0 radical (unpaired) electrons. The maximum Gasteiger partial charge on any atom is 0.311 e. The fourth-order valence-corrected chi connectivity index (χ4v) is 2.69. The highest BCUT2D eigenvalue weighted by Crippen LogP contribution is 2.31. The lowest BCUT2D eigenvalue weighted by Crippen LogP contribution is -2.36. The van der Waals surface area contributed by atoms with Crippen molar-refractivity contribution in [3.63, 3.8) is 0 Å². The smallest absolute Gasteiger partial charge is 0.311 e. The Bertz CT molecular complexity index is 209. The van der Waals surface area contributed by atoms with E-state index in [2.05, 4.69) is 0 Å². The molecule has 94 valence electrons. The van der Waals surface area contributed by atoms with Crippen LogP contribution in [-0.4, -0.2) is 24.3 Å². The zero-order valence-corrected chi connectivity index (χ0v) is 10.4. The molecule has 2 atom stereocenters. The predicted octanol–water partition coefficient (Wildman–Crippen LogP) is 2.52. The van der Waals surface area contributed by atoms with Gasteiger partial charge in [0, 0.05) is 0 Å². The molecule has 1 aliphatic carbocycles. The van der Waals surface area contributed by atoms with Gasteiger partial charge in [-0.25, -0.2) is 0 Å². The van der Waals surface area contributed by atoms with Crippen LogP contribution in [0.15, 0.2) is 0 Å². The number of aliphatic hydroxyl groups excluding tert-OH is 1. The van der Waals surface area contributed by atoms with Crippen LogP contribution >= 0.6 is 0 Å². The molecule has 3 nitrogen and oxygen atoms in total. The molecule has 0 aromatic heterocycles. The number of hydrogen-bond acceptors (Lipinski definition) is 3. The van der Waals surface area contributed by atoms with Crippen LogP contribution < -0.4 is 0 Å². The number of esters is 1. The Kier molecular flexibility index (Phi) is 5.81. The Morgan fingerprint density at radius 2 is 2.00 bits per heavy atom. The first-order chi connectivity index (χ1) is 7.70. The van der Waals surface area contributed by atoms with Crippen LogP contribution in [-0.2, 0) is 9.53 Å². The minimum Gasteiger partial charge on any atom is -0.469 e. The Hall–Kier alpha value is -0.570. The van der Waals surface area contributed by atoms with Gasteiger partial charge in [0.1, 0.15) is 0 Å². The van der Waals surface area contributed by atoms with Crippen LogP contribution in [0.1, 0.15) is 51.9 Å². The Balaban J connectivity index is 2.57. The summed E-state index contributed by atoms with van der Waals surface area (Å²) in [7, 11) is 1.40. The standard InChI is InChI=1S/C13H24O3/c1-3-7-11(13(15)16-2)12(14)10-8-5-4-6-9-10/h10-12,14H,3-9H2,1-2H3. The van der Waals surface area contributed by atoms with Gasteiger partial charge in [-0.1, -0.05) is 32.6 Å². The van der Waals surface area contributed by atoms with E-state index < -0.39 is 6.10 Å². The molecule has 2 unspecified atom stereocenters. The quantitative estimate of drug-likeness (QED) is 0.735. The van der Waals surface area contributed by atoms with Crippen LogP contribution in [0, 0.1) is 11.8 Å². The summed E-state index contributed by atoms with van der Waals surface area (Å²) in [5.74, 6) is -0.276. The normalized spacial score (nSPS) is 21.4. The molecular formula is C13H24O3. The summed E-state index contributed by atoms with van der Waals surface area (Å²) in [6.45, 7) is 2.03. The largest absolute Gasteiger partial charge is 0.469 e. The van der Waals surface area contributed by atoms with E-state index in [-0.39, 0.29) is 11.9 Å². The van der Waals surface area contributed by atoms with Crippen molar-refractivity contribution in [3.8, 4) is 0 Å². The minimum atomic E-state index is -0.507. The van der Waals surface area contributed by atoms with E-state index in [1.54, 1.807) is 0 Å². The number of ether oxygens (including phenoxy) is 1. The van der Waals surface area contributed by atoms with Crippen LogP contribution in [0.4, 0.5) is 0 Å². The highest BCUT2D eigenvalue weighted by atomic mass is 16.5. The molecule has 0 heterocycles. The van der Waals surface area contributed by atoms with Gasteiger partial charge in [0.25, 0.3) is 0 Å². The molecule has 1 saturated carbocycles. The average Bonchev–Trinajstić information content (AvgIpc) is 2.35. The van der Waals surface area contributed by atoms with E-state index in [0.29, 0.717) is 5.92 Å². The SMILES string of the molecule is CCCC(C(=O)OC)C(O)C1CCCCC1. The third-order valence-corrected chi connectivity index (χ3v) is 3.65. The van der Waals surface area contributed by atoms with Gasteiger partial charge in [-0.05, 0) is 25.2 Å². The predicted molar refractivity (Wildman–Crippen MR) is 63.0 cm³/mol. The zero-order chi connectivity index (χ0) is 12.0. The molecule has 1 rings (SSSR count). The van der Waals surface area contributed by atoms with Crippen molar-refractivity contribution >= 4 is 5.97 Å². The van der Waals surface area contributed by atoms with E-state index in [0.717, 1.165) is 25.7 Å². The Morgan fingerprint density at radius 1 is 1.38 bits per heavy atom. The third kappa shape index (κ3) is 3.48. The second-order valence-electron chi connectivity index (χ2n) is 4.81. The van der Waals surface area contributed by atoms with Gasteiger partial charge in [-0.3, -0.25) is 4.79 Å². The molecule has 0 amide bonds. The summed E-state index contributed by atoms with van der Waals surface area (Å²) >= 11 is 0. The van der Waals surface area contributed by atoms with Gasteiger partial charge in [0.05, 0.1) is 19.1 Å². The van der Waals surface area contributed by atoms with Gasteiger partial charge >= 0.3 is 5.97 Å². The molecule has 1 aliphatic rings. The van der Waals surface area contributed by atoms with Gasteiger partial charge in [0.15, 0.2) is 0 Å². The number of methoxy groups -OCH3 is 1. The molecule has 0 aromatic rings. The summed E-state index contributed by atoms with van der Waals surface area (Å²) in [4.78, 5) is 11.6. The van der Waals surface area contributed by atoms with Gasteiger partial charge in [-0.2, -0.15) is 0 Å². The van der Waals surface area contributed by atoms with E-state index in [4.69, 9.17) is 4.74 Å². The number of carbonyl (C=O) groups excluding carboxylic acids is 1. The molecule has 0 aromatic carbocycles. The fourth-order valence-electron chi connectivity index (χ4n) is 2.69. The lowest BCUT2D eigenvalue weighted by atomic mass is 9.79. The lowest BCUT2D eigenvalue weighted by molar-refractivity contribution is -0.151. The molecular weight excluding hydrogens is 204 g/mol. The van der Waals surface area contributed by atoms with Crippen molar-refractivity contribution in [1.82, 2.24) is 0 Å². The topological polar surface area (TPSA) is 46.5 Å². The maximum atomic E-state index is 11.6. The highest BCUT2D eigenvalue weighted by molar-refractivity contribution is 5.72. The molecule has 0 bridgehead atoms. The summed E-state index contributed by atoms with van der Waals surface area (Å²) in [5.41, 5.74) is 0. The van der Waals surface area contributed by atoms with Crippen LogP contribution in [0.2, 0.25) is 0 Å². The molecule has 0 spiro atoms. The van der Waals surface area contributed by atoms with Gasteiger partial charge < -0.3 is 9.84 Å². The molecule has 1 fully saturated rings. The van der Waals surface area contributed by atoms with Crippen molar-refractivity contribution in [2.45, 2.75) is 58.0 Å². The van der Waals surface area contributed by atoms with E-state index in [1.807, 2.05) is 6.92 Å². The van der Waals surface area contributed by atoms with Crippen LogP contribution in [0.3, 0.4) is 0 Å². The summed E-state index contributed by atoms with van der Waals surface area (Å²) < 4.78 is 4.78. The summed E-state index contributed by atoms with van der Waals surface area (Å²) in [6.07, 6.45) is 6.86. The van der Waals surface area contributed by atoms with Crippen molar-refractivity contribution in [1.29, 1.82) is 0 Å². The highest BCUT2D eigenvalue weighted by Gasteiger charge is 2.33. The number of aliphatic hydroxyl groups is 1. The van der Waals surface area contributed by atoms with Crippen molar-refractivity contribution in [3.05, 3.63) is 0 Å². The van der Waals surface area contributed by atoms with Crippen LogP contribution in [0.25, 0.3) is 0 Å². The van der Waals surface area contributed by atoms with Crippen LogP contribution in [0.5, 0.6) is 0 Å². The molecule has 16 heavy (non-hydrogen) atoms. The summed E-state index contributed by atoms with van der Waals surface area (Å²) in [5, 5.41) is 10.3. The van der Waals surface area contributed by atoms with E-state index in [1.165, 1.54) is 26.4 Å². The first kappa shape index (κ1) is 13.5. The average molecular weight is 228 g/mol. The maximum absolute atomic E-state index is 11.6. The van der Waals surface area contributed by atoms with Crippen molar-refractivity contribution < 1.29 is 14.6 Å². The Labute approximate surface area is 98.2 Å². The monoisotopic (exact) mass is 228 g/mol. The van der Waals surface area contributed by atoms with Gasteiger partial charge in [-0.15, -0.1) is 0 Å². The van der Waals surface area contributed by atoms with E-state index in [9.17, 15) is 9.90 Å². The first-order valence-corrected chi connectivity index (χ1v) is 6.46. The molecule has 3 heteroatoms.